The van der Waals surface area contributed by atoms with Crippen molar-refractivity contribution in [1.82, 2.24) is 4.98 Å². The Bertz CT molecular complexity index is 885. The predicted molar refractivity (Wildman–Crippen MR) is 105 cm³/mol. The van der Waals surface area contributed by atoms with E-state index in [4.69, 9.17) is 4.74 Å². The van der Waals surface area contributed by atoms with E-state index in [0.717, 1.165) is 42.5 Å². The molecule has 4 atom stereocenters. The van der Waals surface area contributed by atoms with Crippen molar-refractivity contribution >= 4 is 11.7 Å². The van der Waals surface area contributed by atoms with Crippen molar-refractivity contribution in [3.63, 3.8) is 0 Å². The molecule has 0 aliphatic heterocycles. The second kappa shape index (κ2) is 5.70. The van der Waals surface area contributed by atoms with Crippen LogP contribution < -0.4 is 5.32 Å². The number of carbonyl (C=O) groups is 1. The minimum absolute atomic E-state index is 0.0583. The van der Waals surface area contributed by atoms with E-state index in [1.54, 1.807) is 13.1 Å². The van der Waals surface area contributed by atoms with Gasteiger partial charge in [0.05, 0.1) is 18.5 Å². The number of ether oxygens (including phenoxy) is 1. The van der Waals surface area contributed by atoms with Crippen molar-refractivity contribution in [1.29, 1.82) is 0 Å². The van der Waals surface area contributed by atoms with E-state index in [0.29, 0.717) is 49.8 Å². The molecule has 4 nitrogen and oxygen atoms in total. The first-order valence-corrected chi connectivity index (χ1v) is 11.2. The molecule has 1 heterocycles. The molecule has 1 aromatic rings. The van der Waals surface area contributed by atoms with Crippen molar-refractivity contribution in [2.45, 2.75) is 93.4 Å². The molecule has 6 bridgehead atoms. The number of esters is 1. The van der Waals surface area contributed by atoms with Crippen molar-refractivity contribution in [2.24, 2.45) is 5.92 Å². The molecule has 6 aliphatic carbocycles. The Morgan fingerprint density at radius 2 is 1.83 bits per heavy atom. The maximum atomic E-state index is 15.4. The number of aromatic nitrogens is 1. The summed E-state index contributed by atoms with van der Waals surface area (Å²) in [6.45, 7) is 2.12. The van der Waals surface area contributed by atoms with Gasteiger partial charge >= 0.3 is 5.97 Å². The van der Waals surface area contributed by atoms with Crippen LogP contribution in [0.3, 0.4) is 0 Å². The smallest absolute Gasteiger partial charge is 0.357 e. The SMILES string of the molecule is CCOC(=O)c1ncc(NC23CC4CC(F)(CC(F)(C4)C2)C3)c2c1C1CCC2C1. The number of anilines is 1. The summed E-state index contributed by atoms with van der Waals surface area (Å²) in [6.07, 6.45) is 7.59. The molecular formula is C23H28F2N2O2. The highest BCUT2D eigenvalue weighted by atomic mass is 19.2. The number of nitrogens with zero attached hydrogens (tertiary/aromatic N) is 1. The summed E-state index contributed by atoms with van der Waals surface area (Å²) in [4.78, 5) is 17.0. The van der Waals surface area contributed by atoms with E-state index in [1.807, 2.05) is 0 Å². The molecule has 0 aromatic carbocycles. The zero-order valence-electron chi connectivity index (χ0n) is 16.9. The normalized spacial score (nSPS) is 43.5. The molecule has 4 unspecified atom stereocenters. The van der Waals surface area contributed by atoms with Crippen LogP contribution in [0.4, 0.5) is 14.5 Å². The first kappa shape index (κ1) is 18.1. The van der Waals surface area contributed by atoms with Gasteiger partial charge in [0.2, 0.25) is 0 Å². The van der Waals surface area contributed by atoms with E-state index in [2.05, 4.69) is 10.3 Å². The Hall–Kier alpha value is -1.72. The van der Waals surface area contributed by atoms with Gasteiger partial charge in [0, 0.05) is 24.8 Å². The van der Waals surface area contributed by atoms with Crippen LogP contribution >= 0.6 is 0 Å². The van der Waals surface area contributed by atoms with Gasteiger partial charge in [-0.05, 0) is 74.3 Å². The summed E-state index contributed by atoms with van der Waals surface area (Å²) in [5.41, 5.74) is 0.216. The van der Waals surface area contributed by atoms with Gasteiger partial charge in [-0.15, -0.1) is 0 Å². The molecular weight excluding hydrogens is 374 g/mol. The summed E-state index contributed by atoms with van der Waals surface area (Å²) in [5, 5.41) is 3.63. The number of hydrogen-bond acceptors (Lipinski definition) is 4. The van der Waals surface area contributed by atoms with Crippen LogP contribution in [0.15, 0.2) is 6.20 Å². The lowest BCUT2D eigenvalue weighted by molar-refractivity contribution is -0.137. The molecule has 0 radical (unpaired) electrons. The second-order valence-corrected chi connectivity index (χ2v) is 10.5. The van der Waals surface area contributed by atoms with Gasteiger partial charge in [0.25, 0.3) is 0 Å². The minimum atomic E-state index is -1.39. The van der Waals surface area contributed by atoms with E-state index in [1.165, 1.54) is 0 Å². The molecule has 1 N–H and O–H groups in total. The molecule has 6 heteroatoms. The van der Waals surface area contributed by atoms with E-state index in [-0.39, 0.29) is 18.3 Å². The van der Waals surface area contributed by atoms with Crippen LogP contribution in [0.1, 0.15) is 98.2 Å². The minimum Gasteiger partial charge on any atom is -0.461 e. The molecule has 1 aromatic heterocycles. The topological polar surface area (TPSA) is 51.2 Å². The summed E-state index contributed by atoms with van der Waals surface area (Å²) < 4.78 is 36.0. The lowest BCUT2D eigenvalue weighted by Crippen LogP contribution is -2.65. The molecule has 0 saturated heterocycles. The fourth-order valence-electron chi connectivity index (χ4n) is 7.99. The highest BCUT2D eigenvalue weighted by Gasteiger charge is 2.65. The van der Waals surface area contributed by atoms with Crippen LogP contribution in [-0.2, 0) is 4.74 Å². The summed E-state index contributed by atoms with van der Waals surface area (Å²) in [6, 6.07) is 0. The Kier molecular flexibility index (Phi) is 3.55. The molecule has 6 aliphatic rings. The van der Waals surface area contributed by atoms with Gasteiger partial charge < -0.3 is 10.1 Å². The maximum Gasteiger partial charge on any atom is 0.357 e. The first-order valence-electron chi connectivity index (χ1n) is 11.2. The summed E-state index contributed by atoms with van der Waals surface area (Å²) >= 11 is 0. The third-order valence-corrected chi connectivity index (χ3v) is 8.21. The quantitative estimate of drug-likeness (QED) is 0.705. The predicted octanol–water partition coefficient (Wildman–Crippen LogP) is 5.19. The average Bonchev–Trinajstić information content (AvgIpc) is 3.21. The van der Waals surface area contributed by atoms with E-state index < -0.39 is 16.9 Å². The van der Waals surface area contributed by atoms with Gasteiger partial charge in [0.1, 0.15) is 11.3 Å². The molecule has 5 saturated carbocycles. The summed E-state index contributed by atoms with van der Waals surface area (Å²) in [5.74, 6) is 0.509. The molecule has 7 rings (SSSR count). The zero-order chi connectivity index (χ0) is 20.0. The third kappa shape index (κ3) is 2.59. The lowest BCUT2D eigenvalue weighted by atomic mass is 9.50. The van der Waals surface area contributed by atoms with Crippen molar-refractivity contribution in [2.75, 3.05) is 11.9 Å². The number of pyridine rings is 1. The van der Waals surface area contributed by atoms with Gasteiger partial charge in [-0.25, -0.2) is 18.6 Å². The Morgan fingerprint density at radius 3 is 2.48 bits per heavy atom. The summed E-state index contributed by atoms with van der Waals surface area (Å²) in [7, 11) is 0. The number of nitrogens with one attached hydrogen (secondary N) is 1. The van der Waals surface area contributed by atoms with Gasteiger partial charge in [0.15, 0.2) is 5.69 Å². The zero-order valence-corrected chi connectivity index (χ0v) is 16.9. The van der Waals surface area contributed by atoms with Crippen molar-refractivity contribution < 1.29 is 18.3 Å². The Morgan fingerprint density at radius 1 is 1.14 bits per heavy atom. The molecule has 156 valence electrons. The third-order valence-electron chi connectivity index (χ3n) is 8.21. The van der Waals surface area contributed by atoms with Crippen LogP contribution in [0.2, 0.25) is 0 Å². The van der Waals surface area contributed by atoms with Crippen molar-refractivity contribution in [3.8, 4) is 0 Å². The van der Waals surface area contributed by atoms with Crippen LogP contribution in [0.25, 0.3) is 0 Å². The number of halogens is 2. The highest BCUT2D eigenvalue weighted by molar-refractivity contribution is 5.91. The number of rotatable bonds is 4. The van der Waals surface area contributed by atoms with Crippen LogP contribution in [0.5, 0.6) is 0 Å². The van der Waals surface area contributed by atoms with Crippen LogP contribution in [0, 0.1) is 5.92 Å². The lowest BCUT2D eigenvalue weighted by Gasteiger charge is -2.61. The highest BCUT2D eigenvalue weighted by Crippen LogP contribution is 2.63. The number of alkyl halides is 2. The monoisotopic (exact) mass is 402 g/mol. The molecule has 0 amide bonds. The number of carbonyl (C=O) groups excluding carboxylic acids is 1. The first-order chi connectivity index (χ1) is 13.8. The van der Waals surface area contributed by atoms with Gasteiger partial charge in [-0.1, -0.05) is 0 Å². The molecule has 0 spiro atoms. The Balaban J connectivity index is 1.40. The maximum absolute atomic E-state index is 15.4. The number of hydrogen-bond donors (Lipinski definition) is 1. The molecule has 29 heavy (non-hydrogen) atoms. The average molecular weight is 402 g/mol. The second-order valence-electron chi connectivity index (χ2n) is 10.5. The van der Waals surface area contributed by atoms with Gasteiger partial charge in [-0.2, -0.15) is 0 Å². The molecule has 5 fully saturated rings. The van der Waals surface area contributed by atoms with E-state index >= 15 is 8.78 Å². The fraction of sp³-hybridized carbons (Fsp3) is 0.739. The number of fused-ring (bicyclic) bond motifs is 5. The largest absolute Gasteiger partial charge is 0.461 e. The van der Waals surface area contributed by atoms with E-state index in [9.17, 15) is 4.79 Å². The van der Waals surface area contributed by atoms with Gasteiger partial charge in [-0.3, -0.25) is 0 Å². The standard InChI is InChI=1S/C23H28F2N2O2/c1-2-29-20(28)19-18-15-4-3-14(5-15)17(18)16(9-26-19)27-23-8-13-6-21(24,11-23)10-22(25,7-13)12-23/h9,13-15,27H,2-8,10-12H2,1H3. The van der Waals surface area contributed by atoms with Crippen molar-refractivity contribution in [3.05, 3.63) is 23.0 Å². The van der Waals surface area contributed by atoms with Crippen LogP contribution in [-0.4, -0.2) is 34.4 Å². The fourth-order valence-corrected chi connectivity index (χ4v) is 7.99. The Labute approximate surface area is 169 Å².